The zero-order valence-electron chi connectivity index (χ0n) is 13.1. The van der Waals surface area contributed by atoms with Gasteiger partial charge in [0, 0.05) is 17.8 Å². The van der Waals surface area contributed by atoms with Crippen LogP contribution >= 0.6 is 0 Å². The summed E-state index contributed by atoms with van der Waals surface area (Å²) in [6.07, 6.45) is 1.53. The second-order valence-corrected chi connectivity index (χ2v) is 5.55. The van der Waals surface area contributed by atoms with E-state index in [1.165, 1.54) is 28.2 Å². The Labute approximate surface area is 121 Å². The van der Waals surface area contributed by atoms with Crippen molar-refractivity contribution in [2.45, 2.75) is 47.5 Å². The van der Waals surface area contributed by atoms with Gasteiger partial charge >= 0.3 is 0 Å². The van der Waals surface area contributed by atoms with Gasteiger partial charge in [0.1, 0.15) is 5.78 Å². The minimum Gasteiger partial charge on any atom is -0.318 e. The van der Waals surface area contributed by atoms with Gasteiger partial charge in [-0.15, -0.1) is 0 Å². The number of hydrogen-bond acceptors (Lipinski definition) is 1. The van der Waals surface area contributed by atoms with Gasteiger partial charge in [-0.3, -0.25) is 4.79 Å². The molecule has 0 saturated carbocycles. The van der Waals surface area contributed by atoms with E-state index in [2.05, 4.69) is 56.5 Å². The van der Waals surface area contributed by atoms with Crippen molar-refractivity contribution in [3.8, 4) is 5.69 Å². The molecular formula is C18H23NO. The van der Waals surface area contributed by atoms with Gasteiger partial charge in [0.15, 0.2) is 0 Å². The first kappa shape index (κ1) is 14.6. The number of hydrogen-bond donors (Lipinski definition) is 0. The molecule has 0 atom stereocenters. The lowest BCUT2D eigenvalue weighted by atomic mass is 10.0. The molecule has 0 amide bonds. The predicted molar refractivity (Wildman–Crippen MR) is 83.7 cm³/mol. The molecule has 2 aromatic rings. The summed E-state index contributed by atoms with van der Waals surface area (Å²) in [4.78, 5) is 11.4. The van der Waals surface area contributed by atoms with Crippen LogP contribution in [-0.4, -0.2) is 10.4 Å². The maximum Gasteiger partial charge on any atom is 0.134 e. The van der Waals surface area contributed by atoms with Crippen molar-refractivity contribution < 1.29 is 4.79 Å². The molecule has 0 unspecified atom stereocenters. The van der Waals surface area contributed by atoms with Crippen LogP contribution in [0.15, 0.2) is 24.3 Å². The predicted octanol–water partition coefficient (Wildman–Crippen LogP) is 4.10. The zero-order valence-corrected chi connectivity index (χ0v) is 13.1. The van der Waals surface area contributed by atoms with Crippen LogP contribution in [0.25, 0.3) is 5.69 Å². The third-order valence-corrected chi connectivity index (χ3v) is 3.90. The van der Waals surface area contributed by atoms with Gasteiger partial charge in [-0.05, 0) is 56.9 Å². The highest BCUT2D eigenvalue weighted by atomic mass is 16.1. The third-order valence-electron chi connectivity index (χ3n) is 3.90. The van der Waals surface area contributed by atoms with Crippen molar-refractivity contribution in [2.75, 3.05) is 0 Å². The standard InChI is InChI=1S/C18H23NO/c1-6-16-9-7-8-12(2)18(16)19-13(3)10-17(15(19)5)11-14(4)20/h7-10H,6,11H2,1-5H3. The number of carbonyl (C=O) groups excluding carboxylic acids is 1. The van der Waals surface area contributed by atoms with E-state index in [-0.39, 0.29) is 5.78 Å². The number of aromatic nitrogens is 1. The van der Waals surface area contributed by atoms with Gasteiger partial charge in [-0.1, -0.05) is 25.1 Å². The van der Waals surface area contributed by atoms with E-state index in [9.17, 15) is 4.79 Å². The monoisotopic (exact) mass is 269 g/mol. The average Bonchev–Trinajstić information content (AvgIpc) is 2.64. The van der Waals surface area contributed by atoms with Crippen molar-refractivity contribution in [2.24, 2.45) is 0 Å². The molecule has 2 heteroatoms. The maximum atomic E-state index is 11.4. The Morgan fingerprint density at radius 3 is 2.45 bits per heavy atom. The summed E-state index contributed by atoms with van der Waals surface area (Å²) in [7, 11) is 0. The van der Waals surface area contributed by atoms with Crippen LogP contribution in [0.1, 0.15) is 41.9 Å². The van der Waals surface area contributed by atoms with Crippen LogP contribution in [0.2, 0.25) is 0 Å². The van der Waals surface area contributed by atoms with Crippen LogP contribution in [0.3, 0.4) is 0 Å². The molecule has 2 nitrogen and oxygen atoms in total. The molecule has 0 spiro atoms. The molecule has 0 aliphatic heterocycles. The molecule has 1 aromatic heterocycles. The number of para-hydroxylation sites is 1. The number of benzene rings is 1. The molecular weight excluding hydrogens is 246 g/mol. The van der Waals surface area contributed by atoms with Crippen LogP contribution in [0, 0.1) is 20.8 Å². The second kappa shape index (κ2) is 5.66. The molecule has 0 saturated heterocycles. The van der Waals surface area contributed by atoms with E-state index in [1.807, 2.05) is 0 Å². The van der Waals surface area contributed by atoms with Gasteiger partial charge < -0.3 is 4.57 Å². The number of nitrogens with zero attached hydrogens (tertiary/aromatic N) is 1. The number of ketones is 1. The van der Waals surface area contributed by atoms with Gasteiger partial charge in [-0.25, -0.2) is 0 Å². The molecule has 0 aliphatic rings. The van der Waals surface area contributed by atoms with Crippen LogP contribution < -0.4 is 0 Å². The largest absolute Gasteiger partial charge is 0.318 e. The van der Waals surface area contributed by atoms with Crippen molar-refractivity contribution >= 4 is 5.78 Å². The topological polar surface area (TPSA) is 22.0 Å². The molecule has 1 heterocycles. The molecule has 2 rings (SSSR count). The van der Waals surface area contributed by atoms with Gasteiger partial charge in [0.05, 0.1) is 5.69 Å². The summed E-state index contributed by atoms with van der Waals surface area (Å²) < 4.78 is 2.30. The summed E-state index contributed by atoms with van der Waals surface area (Å²) in [5.74, 6) is 0.214. The van der Waals surface area contributed by atoms with Crippen LogP contribution in [0.5, 0.6) is 0 Å². The number of carbonyl (C=O) groups is 1. The fourth-order valence-electron chi connectivity index (χ4n) is 2.95. The molecule has 0 radical (unpaired) electrons. The van der Waals surface area contributed by atoms with Gasteiger partial charge in [0.2, 0.25) is 0 Å². The SMILES string of the molecule is CCc1cccc(C)c1-n1c(C)cc(CC(C)=O)c1C. The first-order valence-electron chi connectivity index (χ1n) is 7.21. The molecule has 0 bridgehead atoms. The number of rotatable bonds is 4. The lowest BCUT2D eigenvalue weighted by Gasteiger charge is -2.17. The van der Waals surface area contributed by atoms with Gasteiger partial charge in [-0.2, -0.15) is 0 Å². The van der Waals surface area contributed by atoms with Crippen molar-refractivity contribution in [3.05, 3.63) is 52.3 Å². The lowest BCUT2D eigenvalue weighted by molar-refractivity contribution is -0.116. The summed E-state index contributed by atoms with van der Waals surface area (Å²) in [5.41, 5.74) is 7.42. The van der Waals surface area contributed by atoms with Crippen molar-refractivity contribution in [1.29, 1.82) is 0 Å². The van der Waals surface area contributed by atoms with E-state index in [4.69, 9.17) is 0 Å². The fraction of sp³-hybridized carbons (Fsp3) is 0.389. The minimum atomic E-state index is 0.214. The Morgan fingerprint density at radius 1 is 1.15 bits per heavy atom. The van der Waals surface area contributed by atoms with Crippen molar-refractivity contribution in [1.82, 2.24) is 4.57 Å². The summed E-state index contributed by atoms with van der Waals surface area (Å²) in [6, 6.07) is 8.59. The molecule has 106 valence electrons. The lowest BCUT2D eigenvalue weighted by Crippen LogP contribution is -2.06. The summed E-state index contributed by atoms with van der Waals surface area (Å²) in [6.45, 7) is 10.2. The van der Waals surface area contributed by atoms with Crippen LogP contribution in [0.4, 0.5) is 0 Å². The molecule has 20 heavy (non-hydrogen) atoms. The number of aryl methyl sites for hydroxylation is 3. The van der Waals surface area contributed by atoms with E-state index in [1.54, 1.807) is 6.92 Å². The Balaban J connectivity index is 2.65. The zero-order chi connectivity index (χ0) is 14.9. The second-order valence-electron chi connectivity index (χ2n) is 5.55. The normalized spacial score (nSPS) is 10.8. The maximum absolute atomic E-state index is 11.4. The Morgan fingerprint density at radius 2 is 1.85 bits per heavy atom. The van der Waals surface area contributed by atoms with Gasteiger partial charge in [0.25, 0.3) is 0 Å². The highest BCUT2D eigenvalue weighted by Crippen LogP contribution is 2.27. The molecule has 1 aromatic carbocycles. The smallest absolute Gasteiger partial charge is 0.134 e. The molecule has 0 N–H and O–H groups in total. The molecule has 0 fully saturated rings. The first-order valence-corrected chi connectivity index (χ1v) is 7.21. The minimum absolute atomic E-state index is 0.214. The summed E-state index contributed by atoms with van der Waals surface area (Å²) >= 11 is 0. The average molecular weight is 269 g/mol. The van der Waals surface area contributed by atoms with Crippen LogP contribution in [-0.2, 0) is 17.6 Å². The molecule has 0 aliphatic carbocycles. The Bertz CT molecular complexity index is 650. The first-order chi connectivity index (χ1) is 9.45. The number of Topliss-reactive ketones (excluding diaryl/α,β-unsaturated/α-hetero) is 1. The Kier molecular flexibility index (Phi) is 4.12. The highest BCUT2D eigenvalue weighted by Gasteiger charge is 2.15. The van der Waals surface area contributed by atoms with Crippen molar-refractivity contribution in [3.63, 3.8) is 0 Å². The van der Waals surface area contributed by atoms with E-state index < -0.39 is 0 Å². The Hall–Kier alpha value is -1.83. The summed E-state index contributed by atoms with van der Waals surface area (Å²) in [5, 5.41) is 0. The fourth-order valence-corrected chi connectivity index (χ4v) is 2.95. The van der Waals surface area contributed by atoms with E-state index in [0.29, 0.717) is 6.42 Å². The van der Waals surface area contributed by atoms with E-state index >= 15 is 0 Å². The third kappa shape index (κ3) is 2.55. The highest BCUT2D eigenvalue weighted by molar-refractivity contribution is 5.78. The quantitative estimate of drug-likeness (QED) is 0.819. The van der Waals surface area contributed by atoms with E-state index in [0.717, 1.165) is 12.0 Å².